The van der Waals surface area contributed by atoms with E-state index in [-0.39, 0.29) is 19.0 Å². The maximum Gasteiger partial charge on any atom is 0.327 e. The highest BCUT2D eigenvalue weighted by Crippen LogP contribution is 2.11. The van der Waals surface area contributed by atoms with Gasteiger partial charge in [0.15, 0.2) is 0 Å². The number of likely N-dealkylation sites (N-methyl/N-ethyl adjacent to an activating group) is 1. The van der Waals surface area contributed by atoms with Crippen LogP contribution in [0.25, 0.3) is 0 Å². The summed E-state index contributed by atoms with van der Waals surface area (Å²) in [5.74, 6) is -0.804. The smallest absolute Gasteiger partial charge is 0.327 e. The van der Waals surface area contributed by atoms with Crippen LogP contribution in [0.3, 0.4) is 0 Å². The van der Waals surface area contributed by atoms with Crippen LogP contribution in [0.15, 0.2) is 24.3 Å². The molecule has 0 saturated carbocycles. The molecule has 19 heavy (non-hydrogen) atoms. The molecule has 1 saturated heterocycles. The minimum atomic E-state index is -0.461. The summed E-state index contributed by atoms with van der Waals surface area (Å²) in [7, 11) is 1.51. The van der Waals surface area contributed by atoms with E-state index in [0.29, 0.717) is 11.4 Å². The van der Waals surface area contributed by atoms with Gasteiger partial charge >= 0.3 is 6.03 Å². The van der Waals surface area contributed by atoms with Gasteiger partial charge in [-0.25, -0.2) is 4.79 Å². The normalized spacial score (nSPS) is 15.0. The highest BCUT2D eigenvalue weighted by molar-refractivity contribution is 6.06. The number of carbonyl (C=O) groups is 3. The van der Waals surface area contributed by atoms with Crippen molar-refractivity contribution in [2.24, 2.45) is 0 Å². The van der Waals surface area contributed by atoms with Crippen LogP contribution in [0.2, 0.25) is 0 Å². The van der Waals surface area contributed by atoms with E-state index < -0.39 is 11.9 Å². The van der Waals surface area contributed by atoms with Gasteiger partial charge in [-0.15, -0.1) is 0 Å². The summed E-state index contributed by atoms with van der Waals surface area (Å²) in [4.78, 5) is 37.0. The van der Waals surface area contributed by atoms with Gasteiger partial charge in [-0.2, -0.15) is 0 Å². The third kappa shape index (κ3) is 2.82. The number of amides is 4. The van der Waals surface area contributed by atoms with Crippen LogP contribution in [0.1, 0.15) is 0 Å². The fourth-order valence-corrected chi connectivity index (χ4v) is 1.74. The molecule has 0 aliphatic carbocycles. The molecule has 7 nitrogen and oxygen atoms in total. The van der Waals surface area contributed by atoms with Gasteiger partial charge < -0.3 is 16.0 Å². The second kappa shape index (κ2) is 4.97. The highest BCUT2D eigenvalue weighted by atomic mass is 16.2. The molecule has 1 aliphatic rings. The van der Waals surface area contributed by atoms with Crippen molar-refractivity contribution in [3.63, 3.8) is 0 Å². The molecule has 1 fully saturated rings. The van der Waals surface area contributed by atoms with E-state index in [9.17, 15) is 14.4 Å². The minimum Gasteiger partial charge on any atom is -0.399 e. The Morgan fingerprint density at radius 1 is 1.32 bits per heavy atom. The Kier molecular flexibility index (Phi) is 3.37. The molecule has 0 atom stereocenters. The first-order valence-corrected chi connectivity index (χ1v) is 5.68. The Labute approximate surface area is 110 Å². The van der Waals surface area contributed by atoms with E-state index >= 15 is 0 Å². The van der Waals surface area contributed by atoms with Crippen molar-refractivity contribution in [2.45, 2.75) is 0 Å². The van der Waals surface area contributed by atoms with Crippen LogP contribution < -0.4 is 11.1 Å². The Morgan fingerprint density at radius 3 is 2.47 bits per heavy atom. The van der Waals surface area contributed by atoms with Crippen LogP contribution in [0.4, 0.5) is 16.2 Å². The van der Waals surface area contributed by atoms with Gasteiger partial charge in [0.05, 0.1) is 0 Å². The monoisotopic (exact) mass is 262 g/mol. The first-order valence-electron chi connectivity index (χ1n) is 5.68. The van der Waals surface area contributed by atoms with Gasteiger partial charge in [-0.3, -0.25) is 14.5 Å². The maximum absolute atomic E-state index is 11.7. The third-order valence-electron chi connectivity index (χ3n) is 2.73. The van der Waals surface area contributed by atoms with Crippen molar-refractivity contribution in [1.29, 1.82) is 0 Å². The summed E-state index contributed by atoms with van der Waals surface area (Å²) >= 11 is 0. The molecule has 1 aliphatic heterocycles. The van der Waals surface area contributed by atoms with Crippen LogP contribution >= 0.6 is 0 Å². The molecule has 4 amide bonds. The number of rotatable bonds is 3. The average Bonchev–Trinajstić information content (AvgIpc) is 2.59. The Morgan fingerprint density at radius 2 is 1.95 bits per heavy atom. The second-order valence-electron chi connectivity index (χ2n) is 4.29. The molecular formula is C12H14N4O3. The average molecular weight is 262 g/mol. The van der Waals surface area contributed by atoms with Crippen LogP contribution in [-0.4, -0.2) is 47.8 Å². The third-order valence-corrected chi connectivity index (χ3v) is 2.73. The van der Waals surface area contributed by atoms with Gasteiger partial charge in [0.2, 0.25) is 5.91 Å². The van der Waals surface area contributed by atoms with Crippen LogP contribution in [0.5, 0.6) is 0 Å². The summed E-state index contributed by atoms with van der Waals surface area (Å²) < 4.78 is 0. The summed E-state index contributed by atoms with van der Waals surface area (Å²) in [5.41, 5.74) is 6.67. The van der Waals surface area contributed by atoms with Crippen LogP contribution in [-0.2, 0) is 9.59 Å². The van der Waals surface area contributed by atoms with Crippen molar-refractivity contribution < 1.29 is 14.4 Å². The summed E-state index contributed by atoms with van der Waals surface area (Å²) in [6.07, 6.45) is 0. The van der Waals surface area contributed by atoms with E-state index in [2.05, 4.69) is 5.32 Å². The highest BCUT2D eigenvalue weighted by Gasteiger charge is 2.34. The summed E-state index contributed by atoms with van der Waals surface area (Å²) in [6.45, 7) is -0.277. The van der Waals surface area contributed by atoms with Crippen molar-refractivity contribution in [3.05, 3.63) is 24.3 Å². The van der Waals surface area contributed by atoms with Crippen molar-refractivity contribution in [1.82, 2.24) is 9.80 Å². The molecule has 7 heteroatoms. The number of nitrogens with zero attached hydrogens (tertiary/aromatic N) is 2. The largest absolute Gasteiger partial charge is 0.399 e. The van der Waals surface area contributed by atoms with Gasteiger partial charge in [0, 0.05) is 18.4 Å². The number of anilines is 2. The van der Waals surface area contributed by atoms with Gasteiger partial charge in [0.1, 0.15) is 13.1 Å². The number of carbonyl (C=O) groups excluding carboxylic acids is 3. The zero-order valence-corrected chi connectivity index (χ0v) is 10.4. The van der Waals surface area contributed by atoms with E-state index in [1.54, 1.807) is 24.3 Å². The molecule has 1 aromatic carbocycles. The Hall–Kier alpha value is -2.57. The molecule has 0 bridgehead atoms. The number of nitrogen functional groups attached to an aromatic ring is 1. The minimum absolute atomic E-state index is 0.00792. The van der Waals surface area contributed by atoms with Crippen molar-refractivity contribution >= 4 is 29.2 Å². The number of hydrogen-bond donors (Lipinski definition) is 2. The standard InChI is InChI=1S/C12H14N4O3/c1-15-7-11(18)16(12(15)19)6-10(17)14-9-4-2-8(13)3-5-9/h2-5H,6-7,13H2,1H3,(H,14,17). The van der Waals surface area contributed by atoms with E-state index in [0.717, 1.165) is 4.90 Å². The van der Waals surface area contributed by atoms with Crippen LogP contribution in [0, 0.1) is 0 Å². The molecule has 0 radical (unpaired) electrons. The number of hydrogen-bond acceptors (Lipinski definition) is 4. The molecule has 0 aromatic heterocycles. The van der Waals surface area contributed by atoms with E-state index in [1.807, 2.05) is 0 Å². The van der Waals surface area contributed by atoms with E-state index in [1.165, 1.54) is 11.9 Å². The molecule has 3 N–H and O–H groups in total. The zero-order valence-electron chi connectivity index (χ0n) is 10.4. The fourth-order valence-electron chi connectivity index (χ4n) is 1.74. The number of nitrogens with two attached hydrogens (primary N) is 1. The second-order valence-corrected chi connectivity index (χ2v) is 4.29. The maximum atomic E-state index is 11.7. The molecular weight excluding hydrogens is 248 g/mol. The lowest BCUT2D eigenvalue weighted by molar-refractivity contribution is -0.129. The first kappa shape index (κ1) is 12.9. The van der Waals surface area contributed by atoms with E-state index in [4.69, 9.17) is 5.73 Å². The molecule has 0 spiro atoms. The number of benzene rings is 1. The number of nitrogens with one attached hydrogen (secondary N) is 1. The lowest BCUT2D eigenvalue weighted by atomic mass is 10.3. The predicted molar refractivity (Wildman–Crippen MR) is 69.2 cm³/mol. The lowest BCUT2D eigenvalue weighted by Gasteiger charge is -2.13. The SMILES string of the molecule is CN1CC(=O)N(CC(=O)Nc2ccc(N)cc2)C1=O. The Balaban J connectivity index is 1.96. The molecule has 1 aromatic rings. The van der Waals surface area contributed by atoms with Crippen molar-refractivity contribution in [3.8, 4) is 0 Å². The fraction of sp³-hybridized carbons (Fsp3) is 0.250. The van der Waals surface area contributed by atoms with Gasteiger partial charge in [-0.1, -0.05) is 0 Å². The molecule has 100 valence electrons. The summed E-state index contributed by atoms with van der Waals surface area (Å²) in [6, 6.07) is 6.13. The lowest BCUT2D eigenvalue weighted by Crippen LogP contribution is -2.38. The predicted octanol–water partition coefficient (Wildman–Crippen LogP) is 0.101. The molecule has 2 rings (SSSR count). The zero-order chi connectivity index (χ0) is 14.0. The molecule has 1 heterocycles. The quantitative estimate of drug-likeness (QED) is 0.596. The summed E-state index contributed by atoms with van der Waals surface area (Å²) in [5, 5.41) is 2.59. The topological polar surface area (TPSA) is 95.7 Å². The van der Waals surface area contributed by atoms with Gasteiger partial charge in [0.25, 0.3) is 5.91 Å². The van der Waals surface area contributed by atoms with Gasteiger partial charge in [-0.05, 0) is 24.3 Å². The Bertz CT molecular complexity index is 526. The molecule has 0 unspecified atom stereocenters. The first-order chi connectivity index (χ1) is 8.97. The number of urea groups is 1. The van der Waals surface area contributed by atoms with Crippen molar-refractivity contribution in [2.75, 3.05) is 31.2 Å². The number of imide groups is 1.